The highest BCUT2D eigenvalue weighted by atomic mass is 16.5. The highest BCUT2D eigenvalue weighted by Gasteiger charge is 2.22. The van der Waals surface area contributed by atoms with Gasteiger partial charge in [-0.2, -0.15) is 0 Å². The minimum absolute atomic E-state index is 0.0152. The predicted molar refractivity (Wildman–Crippen MR) is 49.4 cm³/mol. The van der Waals surface area contributed by atoms with Gasteiger partial charge in [0.1, 0.15) is 0 Å². The number of furan rings is 1. The zero-order chi connectivity index (χ0) is 10.3. The molecule has 0 aliphatic rings. The third-order valence-electron chi connectivity index (χ3n) is 1.97. The van der Waals surface area contributed by atoms with Crippen LogP contribution < -0.4 is 15.4 Å². The minimum Gasteiger partial charge on any atom is -0.737 e. The van der Waals surface area contributed by atoms with E-state index in [0.29, 0.717) is 16.1 Å². The Kier molecular flexibility index (Phi) is 1.66. The average molecular weight is 198 g/mol. The van der Waals surface area contributed by atoms with Gasteiger partial charge in [-0.05, 0) is 4.73 Å². The zero-order valence-corrected chi connectivity index (χ0v) is 7.74. The van der Waals surface area contributed by atoms with Crippen LogP contribution in [0.1, 0.15) is 0 Å². The normalized spacial score (nSPS) is 10.7. The first-order valence-corrected chi connectivity index (χ1v) is 4.01. The van der Waals surface area contributed by atoms with Crippen molar-refractivity contribution in [3.05, 3.63) is 11.3 Å². The summed E-state index contributed by atoms with van der Waals surface area (Å²) in [7, 11) is 3.20. The van der Waals surface area contributed by atoms with Gasteiger partial charge in [0.2, 0.25) is 11.4 Å². The maximum atomic E-state index is 11.5. The number of imidazole rings is 1. The van der Waals surface area contributed by atoms with Crippen molar-refractivity contribution in [2.75, 3.05) is 24.7 Å². The summed E-state index contributed by atoms with van der Waals surface area (Å²) >= 11 is 0. The lowest BCUT2D eigenvalue weighted by atomic mass is 10.5. The van der Waals surface area contributed by atoms with Crippen LogP contribution in [0.5, 0.6) is 0 Å². The molecule has 0 unspecified atom stereocenters. The Morgan fingerprint density at radius 3 is 2.71 bits per heavy atom. The molecule has 0 aliphatic carbocycles. The quantitative estimate of drug-likeness (QED) is 0.364. The third kappa shape index (κ3) is 0.889. The molecule has 3 N–H and O–H groups in total. The van der Waals surface area contributed by atoms with E-state index in [-0.39, 0.29) is 11.7 Å². The van der Waals surface area contributed by atoms with Crippen LogP contribution in [0.2, 0.25) is 0 Å². The van der Waals surface area contributed by atoms with Gasteiger partial charge in [-0.1, -0.05) is 0 Å². The summed E-state index contributed by atoms with van der Waals surface area (Å²) in [6.45, 7) is 0. The number of hydrogen-bond donors (Lipinski definition) is 3. The molecule has 0 spiro atoms. The molecular formula is C7H10N4O3. The lowest BCUT2D eigenvalue weighted by Gasteiger charge is -2.01. The van der Waals surface area contributed by atoms with E-state index in [1.807, 2.05) is 0 Å². The number of nitrogens with zero attached hydrogens (tertiary/aromatic N) is 2. The van der Waals surface area contributed by atoms with Crippen LogP contribution in [0, 0.1) is 5.21 Å². The monoisotopic (exact) mass is 198 g/mol. The van der Waals surface area contributed by atoms with E-state index in [1.165, 1.54) is 13.1 Å². The molecule has 14 heavy (non-hydrogen) atoms. The highest BCUT2D eigenvalue weighted by molar-refractivity contribution is 5.73. The van der Waals surface area contributed by atoms with Gasteiger partial charge in [-0.15, -0.1) is 0 Å². The van der Waals surface area contributed by atoms with Gasteiger partial charge in [-0.3, -0.25) is 5.32 Å². The summed E-state index contributed by atoms with van der Waals surface area (Å²) in [5, 5.41) is 26.3. The van der Waals surface area contributed by atoms with Crippen molar-refractivity contribution >= 4 is 23.1 Å². The van der Waals surface area contributed by atoms with Gasteiger partial charge in [0.25, 0.3) is 0 Å². The molecule has 0 atom stereocenters. The van der Waals surface area contributed by atoms with Crippen LogP contribution in [-0.2, 0) is 0 Å². The Labute approximate surface area is 79.1 Å². The summed E-state index contributed by atoms with van der Waals surface area (Å²) in [6.07, 6.45) is 0. The van der Waals surface area contributed by atoms with Crippen LogP contribution in [0.25, 0.3) is 11.2 Å². The largest absolute Gasteiger partial charge is 0.737 e. The molecule has 0 amide bonds. The van der Waals surface area contributed by atoms with E-state index in [2.05, 4.69) is 10.6 Å². The van der Waals surface area contributed by atoms with Gasteiger partial charge in [0.05, 0.1) is 7.05 Å². The molecule has 0 aliphatic heterocycles. The van der Waals surface area contributed by atoms with Gasteiger partial charge < -0.3 is 20.1 Å². The second-order valence-electron chi connectivity index (χ2n) is 2.73. The molecule has 2 rings (SSSR count). The molecule has 2 heterocycles. The maximum absolute atomic E-state index is 11.5. The molecule has 0 saturated carbocycles. The first-order chi connectivity index (χ1) is 6.69. The predicted octanol–water partition coefficient (Wildman–Crippen LogP) is 0.188. The van der Waals surface area contributed by atoms with Crippen molar-refractivity contribution in [3.63, 3.8) is 0 Å². The third-order valence-corrected chi connectivity index (χ3v) is 1.97. The Morgan fingerprint density at radius 2 is 2.21 bits per heavy atom. The molecule has 0 radical (unpaired) electrons. The van der Waals surface area contributed by atoms with Crippen molar-refractivity contribution in [2.45, 2.75) is 0 Å². The van der Waals surface area contributed by atoms with Crippen molar-refractivity contribution in [1.29, 1.82) is 0 Å². The Bertz CT molecular complexity index is 435. The van der Waals surface area contributed by atoms with E-state index < -0.39 is 0 Å². The Balaban J connectivity index is 2.74. The van der Waals surface area contributed by atoms with E-state index >= 15 is 0 Å². The van der Waals surface area contributed by atoms with Crippen LogP contribution in [0.4, 0.5) is 11.8 Å². The van der Waals surface area contributed by atoms with Crippen LogP contribution in [0.3, 0.4) is 0 Å². The topological polar surface area (TPSA) is 89.3 Å². The fourth-order valence-corrected chi connectivity index (χ4v) is 1.30. The van der Waals surface area contributed by atoms with Crippen LogP contribution in [0.15, 0.2) is 10.5 Å². The van der Waals surface area contributed by atoms with Crippen molar-refractivity contribution in [2.24, 2.45) is 0 Å². The number of hydrogen-bond acceptors (Lipinski definition) is 5. The number of anilines is 2. The van der Waals surface area contributed by atoms with E-state index in [9.17, 15) is 10.4 Å². The summed E-state index contributed by atoms with van der Waals surface area (Å²) in [5.41, 5.74) is 0.370. The molecule has 0 fully saturated rings. The standard InChI is InChI=1S/C7H10N4O3/c1-8-5-3-4-6(14-5)11(13)7(9-2)10(4)12/h3,8-9,12H,1-2H3. The lowest BCUT2D eigenvalue weighted by molar-refractivity contribution is -0.570. The summed E-state index contributed by atoms with van der Waals surface area (Å²) < 4.78 is 6.35. The first-order valence-electron chi connectivity index (χ1n) is 4.01. The van der Waals surface area contributed by atoms with Crippen molar-refractivity contribution in [1.82, 2.24) is 4.73 Å². The molecular weight excluding hydrogens is 188 g/mol. The fourth-order valence-electron chi connectivity index (χ4n) is 1.30. The van der Waals surface area contributed by atoms with Crippen molar-refractivity contribution in [3.8, 4) is 0 Å². The lowest BCUT2D eigenvalue weighted by Crippen LogP contribution is -2.29. The number of rotatable bonds is 2. The number of fused-ring (bicyclic) bond motifs is 1. The van der Waals surface area contributed by atoms with Gasteiger partial charge in [-0.25, -0.2) is 4.73 Å². The second-order valence-corrected chi connectivity index (χ2v) is 2.73. The SMILES string of the molecule is CNc1cc2c(o1)[n+]([O-])c(NC)n2O. The molecule has 0 bridgehead atoms. The smallest absolute Gasteiger partial charge is 0.398 e. The summed E-state index contributed by atoms with van der Waals surface area (Å²) in [5.74, 6) is 0.437. The van der Waals surface area contributed by atoms with E-state index in [1.54, 1.807) is 7.05 Å². The summed E-state index contributed by atoms with van der Waals surface area (Å²) in [4.78, 5) is 0. The number of nitrogens with one attached hydrogen (secondary N) is 2. The van der Waals surface area contributed by atoms with E-state index in [0.717, 1.165) is 4.73 Å². The molecule has 0 saturated heterocycles. The molecule has 7 heteroatoms. The molecule has 0 aromatic carbocycles. The Morgan fingerprint density at radius 1 is 1.50 bits per heavy atom. The fraction of sp³-hybridized carbons (Fsp3) is 0.286. The van der Waals surface area contributed by atoms with Gasteiger partial charge >= 0.3 is 11.7 Å². The van der Waals surface area contributed by atoms with E-state index in [4.69, 9.17) is 4.42 Å². The first kappa shape index (κ1) is 8.54. The van der Waals surface area contributed by atoms with Crippen LogP contribution in [-0.4, -0.2) is 24.0 Å². The van der Waals surface area contributed by atoms with Gasteiger partial charge in [0.15, 0.2) is 0 Å². The highest BCUT2D eigenvalue weighted by Crippen LogP contribution is 2.22. The molecule has 76 valence electrons. The molecule has 2 aromatic heterocycles. The number of aromatic nitrogens is 2. The Hall–Kier alpha value is -2.05. The zero-order valence-electron chi connectivity index (χ0n) is 7.74. The molecule has 7 nitrogen and oxygen atoms in total. The average Bonchev–Trinajstić information content (AvgIpc) is 2.69. The van der Waals surface area contributed by atoms with Crippen molar-refractivity contribution < 1.29 is 14.4 Å². The van der Waals surface area contributed by atoms with Crippen LogP contribution >= 0.6 is 0 Å². The molecule has 2 aromatic rings. The summed E-state index contributed by atoms with van der Waals surface area (Å²) in [6, 6.07) is 1.53. The second kappa shape index (κ2) is 2.72. The van der Waals surface area contributed by atoms with Gasteiger partial charge in [0, 0.05) is 13.1 Å². The maximum Gasteiger partial charge on any atom is 0.398 e. The minimum atomic E-state index is 0.0152.